The van der Waals surface area contributed by atoms with Crippen LogP contribution in [0.4, 0.5) is 0 Å². The number of amides is 2. The Morgan fingerprint density at radius 2 is 2.17 bits per heavy atom. The Kier molecular flexibility index (Phi) is 3.14. The van der Waals surface area contributed by atoms with Crippen molar-refractivity contribution in [3.05, 3.63) is 0 Å². The fourth-order valence-corrected chi connectivity index (χ4v) is 2.22. The largest absolute Gasteiger partial charge is 0.392 e. The third kappa shape index (κ3) is 2.12. The molecule has 0 spiro atoms. The van der Waals surface area contributed by atoms with E-state index in [-0.39, 0.29) is 29.4 Å². The summed E-state index contributed by atoms with van der Waals surface area (Å²) < 4.78 is 0. The smallest absolute Gasteiger partial charge is 0.267 e. The first-order valence-electron chi connectivity index (χ1n) is 6.15. The first-order chi connectivity index (χ1) is 8.32. The highest BCUT2D eigenvalue weighted by Crippen LogP contribution is 2.40. The van der Waals surface area contributed by atoms with Crippen LogP contribution in [0.2, 0.25) is 0 Å². The van der Waals surface area contributed by atoms with Crippen molar-refractivity contribution in [2.75, 3.05) is 7.05 Å². The van der Waals surface area contributed by atoms with Crippen molar-refractivity contribution in [3.8, 4) is 0 Å². The van der Waals surface area contributed by atoms with Crippen LogP contribution in [-0.4, -0.2) is 46.8 Å². The summed E-state index contributed by atoms with van der Waals surface area (Å²) in [6.45, 7) is 3.84. The van der Waals surface area contributed by atoms with Gasteiger partial charge >= 0.3 is 0 Å². The van der Waals surface area contributed by atoms with Gasteiger partial charge in [0.1, 0.15) is 5.71 Å². The summed E-state index contributed by atoms with van der Waals surface area (Å²) in [7, 11) is 1.55. The molecule has 1 heterocycles. The Hall–Kier alpha value is -1.43. The van der Waals surface area contributed by atoms with Crippen LogP contribution in [0.3, 0.4) is 0 Å². The summed E-state index contributed by atoms with van der Waals surface area (Å²) in [4.78, 5) is 23.2. The molecule has 1 aliphatic heterocycles. The monoisotopic (exact) mass is 253 g/mol. The van der Waals surface area contributed by atoms with Crippen molar-refractivity contribution in [1.29, 1.82) is 0 Å². The second-order valence-electron chi connectivity index (χ2n) is 5.56. The fraction of sp³-hybridized carbons (Fsp3) is 0.750. The van der Waals surface area contributed by atoms with Gasteiger partial charge in [-0.3, -0.25) is 9.59 Å². The molecule has 0 aromatic heterocycles. The number of aliphatic hydroxyl groups is 1. The molecule has 100 valence electrons. The predicted molar refractivity (Wildman–Crippen MR) is 65.8 cm³/mol. The minimum Gasteiger partial charge on any atom is -0.392 e. The van der Waals surface area contributed by atoms with Crippen LogP contribution in [0.15, 0.2) is 5.10 Å². The SMILES string of the molecule is CN1N=C(C(=O)NC2CC(O)C2(C)C)CCC1=O. The van der Waals surface area contributed by atoms with Crippen LogP contribution in [0, 0.1) is 5.41 Å². The zero-order chi connectivity index (χ0) is 13.5. The molecule has 0 aromatic carbocycles. The summed E-state index contributed by atoms with van der Waals surface area (Å²) in [5.41, 5.74) is 0.0846. The molecule has 2 rings (SSSR count). The first-order valence-corrected chi connectivity index (χ1v) is 6.15. The highest BCUT2D eigenvalue weighted by molar-refractivity contribution is 6.39. The number of hydrogen-bond acceptors (Lipinski definition) is 4. The van der Waals surface area contributed by atoms with E-state index in [9.17, 15) is 14.7 Å². The average Bonchev–Trinajstić information content (AvgIpc) is 2.32. The molecule has 2 atom stereocenters. The molecule has 18 heavy (non-hydrogen) atoms. The molecule has 0 saturated heterocycles. The lowest BCUT2D eigenvalue weighted by atomic mass is 9.64. The van der Waals surface area contributed by atoms with E-state index < -0.39 is 0 Å². The lowest BCUT2D eigenvalue weighted by Gasteiger charge is -2.49. The zero-order valence-electron chi connectivity index (χ0n) is 10.9. The quantitative estimate of drug-likeness (QED) is 0.719. The van der Waals surface area contributed by atoms with E-state index in [1.807, 2.05) is 13.8 Å². The number of carbonyl (C=O) groups excluding carboxylic acids is 2. The van der Waals surface area contributed by atoms with E-state index in [4.69, 9.17) is 0 Å². The maximum Gasteiger partial charge on any atom is 0.267 e. The van der Waals surface area contributed by atoms with E-state index in [1.165, 1.54) is 5.01 Å². The van der Waals surface area contributed by atoms with Gasteiger partial charge in [0.25, 0.3) is 5.91 Å². The van der Waals surface area contributed by atoms with Crippen LogP contribution in [0.1, 0.15) is 33.1 Å². The number of hydrogen-bond donors (Lipinski definition) is 2. The second-order valence-corrected chi connectivity index (χ2v) is 5.56. The Morgan fingerprint density at radius 3 is 2.67 bits per heavy atom. The predicted octanol–water partition coefficient (Wildman–Crippen LogP) is -0.130. The number of aliphatic hydroxyl groups excluding tert-OH is 1. The van der Waals surface area contributed by atoms with Gasteiger partial charge in [0.05, 0.1) is 6.10 Å². The topological polar surface area (TPSA) is 82.0 Å². The van der Waals surface area contributed by atoms with Gasteiger partial charge in [-0.05, 0) is 6.42 Å². The average molecular weight is 253 g/mol. The van der Waals surface area contributed by atoms with Gasteiger partial charge in [-0.1, -0.05) is 13.8 Å². The minimum atomic E-state index is -0.375. The lowest BCUT2D eigenvalue weighted by molar-refractivity contribution is -0.130. The Balaban J connectivity index is 1.98. The molecule has 6 heteroatoms. The van der Waals surface area contributed by atoms with E-state index in [0.29, 0.717) is 25.0 Å². The van der Waals surface area contributed by atoms with E-state index in [2.05, 4.69) is 10.4 Å². The summed E-state index contributed by atoms with van der Waals surface area (Å²) in [5.74, 6) is -0.315. The second kappa shape index (κ2) is 4.35. The number of carbonyl (C=O) groups is 2. The van der Waals surface area contributed by atoms with Crippen LogP contribution in [0.5, 0.6) is 0 Å². The maximum absolute atomic E-state index is 12.0. The highest BCUT2D eigenvalue weighted by atomic mass is 16.3. The van der Waals surface area contributed by atoms with Crippen LogP contribution < -0.4 is 5.32 Å². The third-order valence-corrected chi connectivity index (χ3v) is 3.99. The normalized spacial score (nSPS) is 30.6. The highest BCUT2D eigenvalue weighted by Gasteiger charge is 2.48. The summed E-state index contributed by atoms with van der Waals surface area (Å²) >= 11 is 0. The fourth-order valence-electron chi connectivity index (χ4n) is 2.22. The first kappa shape index (κ1) is 13.0. The van der Waals surface area contributed by atoms with Crippen LogP contribution in [0.25, 0.3) is 0 Å². The van der Waals surface area contributed by atoms with Gasteiger partial charge in [0.15, 0.2) is 0 Å². The number of rotatable bonds is 2. The number of hydrazone groups is 1. The molecule has 2 unspecified atom stereocenters. The molecule has 1 fully saturated rings. The van der Waals surface area contributed by atoms with E-state index in [0.717, 1.165) is 0 Å². The van der Waals surface area contributed by atoms with Crippen molar-refractivity contribution < 1.29 is 14.7 Å². The molecule has 0 bridgehead atoms. The zero-order valence-corrected chi connectivity index (χ0v) is 10.9. The Morgan fingerprint density at radius 1 is 1.50 bits per heavy atom. The molecule has 2 aliphatic rings. The van der Waals surface area contributed by atoms with Crippen LogP contribution in [-0.2, 0) is 9.59 Å². The van der Waals surface area contributed by atoms with Gasteiger partial charge in [-0.2, -0.15) is 5.10 Å². The maximum atomic E-state index is 12.0. The summed E-state index contributed by atoms with van der Waals surface area (Å²) in [6, 6.07) is -0.0364. The van der Waals surface area contributed by atoms with Crippen LogP contribution >= 0.6 is 0 Å². The van der Waals surface area contributed by atoms with Gasteiger partial charge in [0, 0.05) is 31.3 Å². The Bertz CT molecular complexity index is 417. The van der Waals surface area contributed by atoms with Crippen molar-refractivity contribution in [2.45, 2.75) is 45.3 Å². The molecule has 0 radical (unpaired) electrons. The molecule has 0 aromatic rings. The van der Waals surface area contributed by atoms with Gasteiger partial charge in [-0.25, -0.2) is 5.01 Å². The van der Waals surface area contributed by atoms with Crippen molar-refractivity contribution in [1.82, 2.24) is 10.3 Å². The summed E-state index contributed by atoms with van der Waals surface area (Å²) in [6.07, 6.45) is 0.894. The molecule has 1 aliphatic carbocycles. The standard InChI is InChI=1S/C12H19N3O3/c1-12(2)8(6-9(12)16)13-11(18)7-4-5-10(17)15(3)14-7/h8-9,16H,4-6H2,1-3H3,(H,13,18). The lowest BCUT2D eigenvalue weighted by Crippen LogP contribution is -2.62. The van der Waals surface area contributed by atoms with Gasteiger partial charge in [0.2, 0.25) is 5.91 Å². The van der Waals surface area contributed by atoms with Gasteiger partial charge in [-0.15, -0.1) is 0 Å². The van der Waals surface area contributed by atoms with Crippen molar-refractivity contribution in [3.63, 3.8) is 0 Å². The molecular formula is C12H19N3O3. The molecule has 2 N–H and O–H groups in total. The van der Waals surface area contributed by atoms with E-state index >= 15 is 0 Å². The van der Waals surface area contributed by atoms with E-state index in [1.54, 1.807) is 7.05 Å². The van der Waals surface area contributed by atoms with Crippen molar-refractivity contribution >= 4 is 17.5 Å². The molecule has 2 amide bonds. The molecule has 6 nitrogen and oxygen atoms in total. The molecule has 1 saturated carbocycles. The molecular weight excluding hydrogens is 234 g/mol. The number of nitrogens with zero attached hydrogens (tertiary/aromatic N) is 2. The summed E-state index contributed by atoms with van der Waals surface area (Å²) in [5, 5.41) is 17.7. The van der Waals surface area contributed by atoms with Crippen molar-refractivity contribution in [2.24, 2.45) is 10.5 Å². The Labute approximate surface area is 106 Å². The van der Waals surface area contributed by atoms with Gasteiger partial charge < -0.3 is 10.4 Å². The third-order valence-electron chi connectivity index (χ3n) is 3.99. The number of nitrogens with one attached hydrogen (secondary N) is 1. The minimum absolute atomic E-state index is 0.0364.